The second-order valence-electron chi connectivity index (χ2n) is 6.26. The molecule has 0 amide bonds. The number of rotatable bonds is 6. The highest BCUT2D eigenvalue weighted by Gasteiger charge is 2.20. The van der Waals surface area contributed by atoms with Crippen LogP contribution >= 0.6 is 0 Å². The van der Waals surface area contributed by atoms with Gasteiger partial charge in [0.2, 0.25) is 6.79 Å². The molecule has 1 aromatic rings. The number of fused-ring (bicyclic) bond motifs is 1. The van der Waals surface area contributed by atoms with E-state index in [-0.39, 0.29) is 0 Å². The van der Waals surface area contributed by atoms with Crippen LogP contribution in [0.4, 0.5) is 0 Å². The molecule has 0 aromatic heterocycles. The van der Waals surface area contributed by atoms with Gasteiger partial charge in [0.1, 0.15) is 0 Å². The van der Waals surface area contributed by atoms with Crippen molar-refractivity contribution in [3.63, 3.8) is 0 Å². The molecule has 1 unspecified atom stereocenters. The first-order valence-corrected chi connectivity index (χ1v) is 8.44. The number of hydrogen-bond acceptors (Lipinski definition) is 2. The molecule has 1 atom stereocenters. The molecule has 2 heteroatoms. The van der Waals surface area contributed by atoms with E-state index in [0.29, 0.717) is 12.7 Å². The lowest BCUT2D eigenvalue weighted by atomic mass is 9.82. The third-order valence-electron chi connectivity index (χ3n) is 4.68. The first-order chi connectivity index (χ1) is 10.4. The van der Waals surface area contributed by atoms with E-state index in [4.69, 9.17) is 9.47 Å². The van der Waals surface area contributed by atoms with E-state index in [1.807, 2.05) is 0 Å². The van der Waals surface area contributed by atoms with E-state index in [1.54, 1.807) is 5.57 Å². The maximum Gasteiger partial charge on any atom is 0.231 e. The fourth-order valence-corrected chi connectivity index (χ4v) is 3.43. The van der Waals surface area contributed by atoms with Crippen molar-refractivity contribution in [3.05, 3.63) is 35.4 Å². The number of benzene rings is 1. The summed E-state index contributed by atoms with van der Waals surface area (Å²) >= 11 is 0. The van der Waals surface area contributed by atoms with Gasteiger partial charge in [-0.3, -0.25) is 0 Å². The molecule has 0 N–H and O–H groups in total. The fraction of sp³-hybridized carbons (Fsp3) is 0.579. The highest BCUT2D eigenvalue weighted by atomic mass is 16.7. The molecular formula is C19H26O2. The molecule has 0 fully saturated rings. The zero-order valence-corrected chi connectivity index (χ0v) is 13.1. The van der Waals surface area contributed by atoms with Crippen LogP contribution in [-0.2, 0) is 0 Å². The van der Waals surface area contributed by atoms with Crippen molar-refractivity contribution in [2.24, 2.45) is 0 Å². The molecule has 1 aliphatic heterocycles. The van der Waals surface area contributed by atoms with Gasteiger partial charge in [0.15, 0.2) is 11.5 Å². The van der Waals surface area contributed by atoms with Gasteiger partial charge in [-0.15, -0.1) is 0 Å². The Kier molecular flexibility index (Phi) is 4.84. The standard InChI is InChI=1S/C19H26O2/c1-2-3-4-5-7-15-8-6-9-16(12-15)17-10-11-18-19(13-17)21-14-20-18/h8,10-11,13,16H,2-7,9,12,14H2,1H3. The number of hydrogen-bond donors (Lipinski definition) is 0. The van der Waals surface area contributed by atoms with Crippen LogP contribution in [0.5, 0.6) is 11.5 Å². The molecule has 0 radical (unpaired) electrons. The summed E-state index contributed by atoms with van der Waals surface area (Å²) in [6, 6.07) is 6.47. The Balaban J connectivity index is 1.58. The molecule has 2 aliphatic rings. The van der Waals surface area contributed by atoms with Gasteiger partial charge in [-0.2, -0.15) is 0 Å². The Hall–Kier alpha value is -1.44. The van der Waals surface area contributed by atoms with Crippen LogP contribution in [-0.4, -0.2) is 6.79 Å². The minimum Gasteiger partial charge on any atom is -0.454 e. The maximum atomic E-state index is 5.51. The average molecular weight is 286 g/mol. The Morgan fingerprint density at radius 1 is 1.10 bits per heavy atom. The maximum absolute atomic E-state index is 5.51. The Bertz CT molecular complexity index is 504. The molecule has 0 bridgehead atoms. The molecule has 0 saturated heterocycles. The summed E-state index contributed by atoms with van der Waals surface area (Å²) in [5.74, 6) is 2.47. The van der Waals surface area contributed by atoms with Gasteiger partial charge < -0.3 is 9.47 Å². The third-order valence-corrected chi connectivity index (χ3v) is 4.68. The minimum absolute atomic E-state index is 0.367. The molecule has 1 heterocycles. The van der Waals surface area contributed by atoms with Gasteiger partial charge >= 0.3 is 0 Å². The second kappa shape index (κ2) is 7.02. The quantitative estimate of drug-likeness (QED) is 0.502. The molecule has 0 saturated carbocycles. The second-order valence-corrected chi connectivity index (χ2v) is 6.26. The van der Waals surface area contributed by atoms with Crippen molar-refractivity contribution >= 4 is 0 Å². The molecule has 21 heavy (non-hydrogen) atoms. The summed E-state index contributed by atoms with van der Waals surface area (Å²) in [4.78, 5) is 0. The van der Waals surface area contributed by atoms with Crippen LogP contribution in [0.3, 0.4) is 0 Å². The van der Waals surface area contributed by atoms with Gasteiger partial charge in [-0.05, 0) is 55.7 Å². The van der Waals surface area contributed by atoms with Gasteiger partial charge in [0.25, 0.3) is 0 Å². The number of unbranched alkanes of at least 4 members (excludes halogenated alkanes) is 3. The lowest BCUT2D eigenvalue weighted by Gasteiger charge is -2.23. The van der Waals surface area contributed by atoms with E-state index >= 15 is 0 Å². The van der Waals surface area contributed by atoms with Crippen LogP contribution in [0.1, 0.15) is 69.8 Å². The lowest BCUT2D eigenvalue weighted by molar-refractivity contribution is 0.174. The van der Waals surface area contributed by atoms with Crippen molar-refractivity contribution in [1.29, 1.82) is 0 Å². The first-order valence-electron chi connectivity index (χ1n) is 8.44. The van der Waals surface area contributed by atoms with Crippen LogP contribution < -0.4 is 9.47 Å². The zero-order chi connectivity index (χ0) is 14.5. The van der Waals surface area contributed by atoms with Gasteiger partial charge in [-0.25, -0.2) is 0 Å². The first kappa shape index (κ1) is 14.5. The Labute approximate surface area is 128 Å². The van der Waals surface area contributed by atoms with Crippen LogP contribution in [0.15, 0.2) is 29.8 Å². The minimum atomic E-state index is 0.367. The topological polar surface area (TPSA) is 18.5 Å². The molecule has 114 valence electrons. The highest BCUT2D eigenvalue weighted by Crippen LogP contribution is 2.39. The molecule has 3 rings (SSSR count). The fourth-order valence-electron chi connectivity index (χ4n) is 3.43. The summed E-state index contributed by atoms with van der Waals surface area (Å²) in [5, 5.41) is 0. The Morgan fingerprint density at radius 3 is 2.90 bits per heavy atom. The van der Waals surface area contributed by atoms with Crippen LogP contribution in [0.2, 0.25) is 0 Å². The summed E-state index contributed by atoms with van der Waals surface area (Å²) in [6.07, 6.45) is 12.9. The van der Waals surface area contributed by atoms with Crippen LogP contribution in [0.25, 0.3) is 0 Å². The monoisotopic (exact) mass is 286 g/mol. The van der Waals surface area contributed by atoms with E-state index in [2.05, 4.69) is 31.2 Å². The average Bonchev–Trinajstić information content (AvgIpc) is 2.99. The zero-order valence-electron chi connectivity index (χ0n) is 13.1. The largest absolute Gasteiger partial charge is 0.454 e. The summed E-state index contributed by atoms with van der Waals surface area (Å²) in [5.41, 5.74) is 3.08. The van der Waals surface area contributed by atoms with Crippen molar-refractivity contribution < 1.29 is 9.47 Å². The molecule has 1 aliphatic carbocycles. The number of allylic oxidation sites excluding steroid dienone is 2. The molecule has 1 aromatic carbocycles. The van der Waals surface area contributed by atoms with Crippen molar-refractivity contribution in [1.82, 2.24) is 0 Å². The van der Waals surface area contributed by atoms with E-state index in [0.717, 1.165) is 11.5 Å². The molecular weight excluding hydrogens is 260 g/mol. The summed E-state index contributed by atoms with van der Waals surface area (Å²) in [7, 11) is 0. The SMILES string of the molecule is CCCCCCC1=CCCC(c2ccc3c(c2)OCO3)C1. The Morgan fingerprint density at radius 2 is 2.00 bits per heavy atom. The molecule has 2 nitrogen and oxygen atoms in total. The van der Waals surface area contributed by atoms with Gasteiger partial charge in [-0.1, -0.05) is 43.9 Å². The summed E-state index contributed by atoms with van der Waals surface area (Å²) in [6.45, 7) is 2.64. The normalized spacial score (nSPS) is 20.4. The van der Waals surface area contributed by atoms with E-state index < -0.39 is 0 Å². The molecule has 0 spiro atoms. The summed E-state index contributed by atoms with van der Waals surface area (Å²) < 4.78 is 10.9. The van der Waals surface area contributed by atoms with Crippen molar-refractivity contribution in [3.8, 4) is 11.5 Å². The smallest absolute Gasteiger partial charge is 0.231 e. The van der Waals surface area contributed by atoms with Crippen molar-refractivity contribution in [2.75, 3.05) is 6.79 Å². The van der Waals surface area contributed by atoms with Crippen molar-refractivity contribution in [2.45, 2.75) is 64.2 Å². The predicted molar refractivity (Wildman–Crippen MR) is 86.0 cm³/mol. The lowest BCUT2D eigenvalue weighted by Crippen LogP contribution is -2.05. The van der Waals surface area contributed by atoms with E-state index in [1.165, 1.54) is 56.9 Å². The number of ether oxygens (including phenoxy) is 2. The predicted octanol–water partition coefficient (Wildman–Crippen LogP) is 5.58. The van der Waals surface area contributed by atoms with Gasteiger partial charge in [0.05, 0.1) is 0 Å². The third kappa shape index (κ3) is 3.61. The van der Waals surface area contributed by atoms with Gasteiger partial charge in [0, 0.05) is 0 Å². The van der Waals surface area contributed by atoms with Crippen LogP contribution in [0, 0.1) is 0 Å². The van der Waals surface area contributed by atoms with E-state index in [9.17, 15) is 0 Å². The highest BCUT2D eigenvalue weighted by molar-refractivity contribution is 5.45.